The van der Waals surface area contributed by atoms with Gasteiger partial charge in [0.25, 0.3) is 0 Å². The summed E-state index contributed by atoms with van der Waals surface area (Å²) in [5.41, 5.74) is 3.73. The lowest BCUT2D eigenvalue weighted by atomic mass is 10.2. The SMILES string of the molecule is CCNC(=NCc1c(C)nn(-c2ccccc2)c1C)NCCCNC(=O)OC(C)(C)C.I. The first-order chi connectivity index (χ1) is 14.7. The van der Waals surface area contributed by atoms with Crippen molar-refractivity contribution in [1.29, 1.82) is 0 Å². The van der Waals surface area contributed by atoms with Crippen LogP contribution in [0.25, 0.3) is 5.69 Å². The van der Waals surface area contributed by atoms with Crippen molar-refractivity contribution in [2.24, 2.45) is 4.99 Å². The van der Waals surface area contributed by atoms with Crippen molar-refractivity contribution in [2.45, 2.75) is 60.1 Å². The second-order valence-electron chi connectivity index (χ2n) is 8.30. The highest BCUT2D eigenvalue weighted by atomic mass is 127. The number of hydrogen-bond donors (Lipinski definition) is 3. The minimum atomic E-state index is -0.488. The number of para-hydroxylation sites is 1. The van der Waals surface area contributed by atoms with E-state index in [1.54, 1.807) is 0 Å². The zero-order chi connectivity index (χ0) is 22.9. The average Bonchev–Trinajstić information content (AvgIpc) is 2.98. The van der Waals surface area contributed by atoms with Crippen LogP contribution in [0, 0.1) is 13.8 Å². The molecule has 1 aromatic heterocycles. The standard InChI is InChI=1S/C23H36N6O2.HI/c1-7-24-21(25-14-11-15-26-22(30)31-23(4,5)6)27-16-20-17(2)28-29(18(20)3)19-12-9-8-10-13-19;/h8-10,12-13H,7,11,14-16H2,1-6H3,(H,26,30)(H2,24,25,27);1H. The first kappa shape index (κ1) is 27.7. The molecule has 0 saturated heterocycles. The smallest absolute Gasteiger partial charge is 0.407 e. The van der Waals surface area contributed by atoms with E-state index in [0.29, 0.717) is 19.6 Å². The molecule has 0 radical (unpaired) electrons. The third-order valence-corrected chi connectivity index (χ3v) is 4.50. The Labute approximate surface area is 208 Å². The summed E-state index contributed by atoms with van der Waals surface area (Å²) in [7, 11) is 0. The van der Waals surface area contributed by atoms with Gasteiger partial charge in [-0.2, -0.15) is 5.10 Å². The maximum Gasteiger partial charge on any atom is 0.407 e. The summed E-state index contributed by atoms with van der Waals surface area (Å²) in [5, 5.41) is 14.0. The van der Waals surface area contributed by atoms with Crippen LogP contribution in [-0.4, -0.2) is 47.1 Å². The average molecular weight is 556 g/mol. The zero-order valence-corrected chi connectivity index (χ0v) is 22.3. The van der Waals surface area contributed by atoms with E-state index in [9.17, 15) is 4.79 Å². The maximum atomic E-state index is 11.7. The highest BCUT2D eigenvalue weighted by Gasteiger charge is 2.15. The Balaban J connectivity index is 0.00000512. The lowest BCUT2D eigenvalue weighted by Crippen LogP contribution is -2.39. The van der Waals surface area contributed by atoms with E-state index in [-0.39, 0.29) is 24.0 Å². The Hall–Kier alpha value is -2.30. The molecule has 0 fully saturated rings. The molecule has 0 aliphatic heterocycles. The van der Waals surface area contributed by atoms with Gasteiger partial charge < -0.3 is 20.7 Å². The molecule has 0 spiro atoms. The molecule has 3 N–H and O–H groups in total. The van der Waals surface area contributed by atoms with E-state index in [1.807, 2.05) is 69.6 Å². The number of ether oxygens (including phenoxy) is 1. The Morgan fingerprint density at radius 3 is 2.38 bits per heavy atom. The molecule has 0 atom stereocenters. The van der Waals surface area contributed by atoms with E-state index < -0.39 is 11.7 Å². The van der Waals surface area contributed by atoms with Crippen LogP contribution in [0.4, 0.5) is 4.79 Å². The number of nitrogens with zero attached hydrogens (tertiary/aromatic N) is 3. The van der Waals surface area contributed by atoms with Gasteiger partial charge in [-0.1, -0.05) is 18.2 Å². The molecular formula is C23H37IN6O2. The topological polar surface area (TPSA) is 92.6 Å². The molecule has 178 valence electrons. The van der Waals surface area contributed by atoms with E-state index in [0.717, 1.165) is 41.6 Å². The summed E-state index contributed by atoms with van der Waals surface area (Å²) in [6, 6.07) is 10.1. The predicted octanol–water partition coefficient (Wildman–Crippen LogP) is 4.08. The molecule has 2 rings (SSSR count). The molecule has 0 unspecified atom stereocenters. The first-order valence-corrected chi connectivity index (χ1v) is 10.8. The third-order valence-electron chi connectivity index (χ3n) is 4.50. The van der Waals surface area contributed by atoms with Crippen LogP contribution in [0.15, 0.2) is 35.3 Å². The van der Waals surface area contributed by atoms with Crippen LogP contribution >= 0.6 is 24.0 Å². The molecular weight excluding hydrogens is 519 g/mol. The number of carbonyl (C=O) groups excluding carboxylic acids is 1. The second kappa shape index (κ2) is 13.3. The van der Waals surface area contributed by atoms with Crippen LogP contribution < -0.4 is 16.0 Å². The van der Waals surface area contributed by atoms with Crippen LogP contribution in [0.3, 0.4) is 0 Å². The Morgan fingerprint density at radius 2 is 1.75 bits per heavy atom. The summed E-state index contributed by atoms with van der Waals surface area (Å²) >= 11 is 0. The number of alkyl carbamates (subject to hydrolysis) is 1. The van der Waals surface area contributed by atoms with Gasteiger partial charge in [-0.25, -0.2) is 14.5 Å². The number of aliphatic imine (C=N–C) groups is 1. The molecule has 0 saturated carbocycles. The fraction of sp³-hybridized carbons (Fsp3) is 0.522. The van der Waals surface area contributed by atoms with Crippen molar-refractivity contribution in [3.05, 3.63) is 47.3 Å². The number of aryl methyl sites for hydroxylation is 1. The zero-order valence-electron chi connectivity index (χ0n) is 20.0. The largest absolute Gasteiger partial charge is 0.444 e. The van der Waals surface area contributed by atoms with Crippen molar-refractivity contribution in [3.63, 3.8) is 0 Å². The van der Waals surface area contributed by atoms with Gasteiger partial charge in [0.05, 0.1) is 17.9 Å². The van der Waals surface area contributed by atoms with Gasteiger partial charge in [-0.15, -0.1) is 24.0 Å². The van der Waals surface area contributed by atoms with Crippen molar-refractivity contribution in [2.75, 3.05) is 19.6 Å². The minimum absolute atomic E-state index is 0. The number of amides is 1. The molecule has 0 aliphatic carbocycles. The normalized spacial score (nSPS) is 11.5. The maximum absolute atomic E-state index is 11.7. The molecule has 1 heterocycles. The molecule has 32 heavy (non-hydrogen) atoms. The number of rotatable bonds is 8. The summed E-state index contributed by atoms with van der Waals surface area (Å²) in [4.78, 5) is 16.4. The van der Waals surface area contributed by atoms with Gasteiger partial charge in [-0.3, -0.25) is 0 Å². The van der Waals surface area contributed by atoms with E-state index >= 15 is 0 Å². The lowest BCUT2D eigenvalue weighted by molar-refractivity contribution is 0.0527. The van der Waals surface area contributed by atoms with Crippen molar-refractivity contribution < 1.29 is 9.53 Å². The van der Waals surface area contributed by atoms with E-state index in [1.165, 1.54) is 0 Å². The van der Waals surface area contributed by atoms with Gasteiger partial charge in [0, 0.05) is 30.9 Å². The number of carbonyl (C=O) groups is 1. The quantitative estimate of drug-likeness (QED) is 0.197. The van der Waals surface area contributed by atoms with Crippen molar-refractivity contribution in [3.8, 4) is 5.69 Å². The monoisotopic (exact) mass is 556 g/mol. The third kappa shape index (κ3) is 9.05. The van der Waals surface area contributed by atoms with Gasteiger partial charge in [0.1, 0.15) is 5.60 Å². The summed E-state index contributed by atoms with van der Waals surface area (Å²) in [6.07, 6.45) is 0.364. The van der Waals surface area contributed by atoms with Crippen LogP contribution in [0.1, 0.15) is 51.1 Å². The summed E-state index contributed by atoms with van der Waals surface area (Å²) in [5.74, 6) is 0.742. The Morgan fingerprint density at radius 1 is 1.09 bits per heavy atom. The number of guanidine groups is 1. The van der Waals surface area contributed by atoms with Crippen LogP contribution in [0.5, 0.6) is 0 Å². The highest BCUT2D eigenvalue weighted by Crippen LogP contribution is 2.18. The van der Waals surface area contributed by atoms with Crippen molar-refractivity contribution in [1.82, 2.24) is 25.7 Å². The highest BCUT2D eigenvalue weighted by molar-refractivity contribution is 14.0. The Bertz CT molecular complexity index is 875. The van der Waals surface area contributed by atoms with E-state index in [4.69, 9.17) is 9.73 Å². The number of benzene rings is 1. The van der Waals surface area contributed by atoms with Gasteiger partial charge >= 0.3 is 6.09 Å². The molecule has 8 nitrogen and oxygen atoms in total. The number of nitrogens with one attached hydrogen (secondary N) is 3. The van der Waals surface area contributed by atoms with Crippen molar-refractivity contribution >= 4 is 36.0 Å². The first-order valence-electron chi connectivity index (χ1n) is 10.8. The number of aromatic nitrogens is 2. The summed E-state index contributed by atoms with van der Waals surface area (Å²) in [6.45, 7) is 14.2. The molecule has 2 aromatic rings. The molecule has 1 amide bonds. The molecule has 0 aliphatic rings. The minimum Gasteiger partial charge on any atom is -0.444 e. The Kier molecular flexibility index (Phi) is 11.5. The summed E-state index contributed by atoms with van der Waals surface area (Å²) < 4.78 is 7.19. The fourth-order valence-corrected chi connectivity index (χ4v) is 3.02. The molecule has 1 aromatic carbocycles. The lowest BCUT2D eigenvalue weighted by Gasteiger charge is -2.19. The van der Waals surface area contributed by atoms with Gasteiger partial charge in [-0.05, 0) is 60.1 Å². The molecule has 9 heteroatoms. The van der Waals surface area contributed by atoms with Gasteiger partial charge in [0.15, 0.2) is 5.96 Å². The number of halogens is 1. The second-order valence-corrected chi connectivity index (χ2v) is 8.30. The van der Waals surface area contributed by atoms with Crippen LogP contribution in [0.2, 0.25) is 0 Å². The number of hydrogen-bond acceptors (Lipinski definition) is 4. The van der Waals surface area contributed by atoms with Crippen LogP contribution in [-0.2, 0) is 11.3 Å². The van der Waals surface area contributed by atoms with Gasteiger partial charge in [0.2, 0.25) is 0 Å². The molecule has 0 bridgehead atoms. The fourth-order valence-electron chi connectivity index (χ4n) is 3.02. The van der Waals surface area contributed by atoms with E-state index in [2.05, 4.69) is 28.0 Å². The predicted molar refractivity (Wildman–Crippen MR) is 140 cm³/mol.